The van der Waals surface area contributed by atoms with Gasteiger partial charge in [-0.1, -0.05) is 18.2 Å². The van der Waals surface area contributed by atoms with Crippen LogP contribution in [0.15, 0.2) is 29.3 Å². The van der Waals surface area contributed by atoms with Crippen LogP contribution < -0.4 is 11.1 Å². The van der Waals surface area contributed by atoms with Crippen molar-refractivity contribution >= 4 is 5.96 Å². The van der Waals surface area contributed by atoms with Gasteiger partial charge in [-0.25, -0.2) is 0 Å². The Bertz CT molecular complexity index is 531. The number of rotatable bonds is 4. The predicted molar refractivity (Wildman–Crippen MR) is 77.1 cm³/mol. The molecule has 1 fully saturated rings. The first kappa shape index (κ1) is 15.7. The van der Waals surface area contributed by atoms with Crippen molar-refractivity contribution in [3.63, 3.8) is 0 Å². The number of aliphatic imine (C=N–C) groups is 1. The summed E-state index contributed by atoms with van der Waals surface area (Å²) in [5, 5.41) is 2.98. The van der Waals surface area contributed by atoms with Gasteiger partial charge in [0.15, 0.2) is 5.96 Å². The highest BCUT2D eigenvalue weighted by atomic mass is 19.4. The summed E-state index contributed by atoms with van der Waals surface area (Å²) in [5.74, 6) is 0.336. The Morgan fingerprint density at radius 3 is 2.57 bits per heavy atom. The standard InChI is InChI=1S/C15H20F3N3/c1-10(2)21-13(19)20-9-14(6-7-14)11-4-3-5-12(8-11)15(16,17)18/h3-5,8,10H,6-7,9H2,1-2H3,(H3,19,20,21). The van der Waals surface area contributed by atoms with Crippen LogP contribution in [0.1, 0.15) is 37.8 Å². The second-order valence-corrected chi connectivity index (χ2v) is 5.86. The molecular weight excluding hydrogens is 279 g/mol. The summed E-state index contributed by atoms with van der Waals surface area (Å²) in [6.45, 7) is 4.31. The van der Waals surface area contributed by atoms with Gasteiger partial charge in [-0.05, 0) is 38.3 Å². The van der Waals surface area contributed by atoms with E-state index in [1.807, 2.05) is 13.8 Å². The Balaban J connectivity index is 2.14. The lowest BCUT2D eigenvalue weighted by atomic mass is 9.94. The fraction of sp³-hybridized carbons (Fsp3) is 0.533. The molecule has 21 heavy (non-hydrogen) atoms. The monoisotopic (exact) mass is 299 g/mol. The van der Waals surface area contributed by atoms with Crippen LogP contribution in [-0.4, -0.2) is 18.5 Å². The number of nitrogens with two attached hydrogens (primary N) is 1. The highest BCUT2D eigenvalue weighted by molar-refractivity contribution is 5.78. The van der Waals surface area contributed by atoms with Crippen LogP contribution in [0.25, 0.3) is 0 Å². The summed E-state index contributed by atoms with van der Waals surface area (Å²) in [6, 6.07) is 5.70. The Labute approximate surface area is 122 Å². The molecular formula is C15H20F3N3. The molecule has 0 heterocycles. The van der Waals surface area contributed by atoms with E-state index in [0.717, 1.165) is 18.9 Å². The summed E-state index contributed by atoms with van der Waals surface area (Å²) in [7, 11) is 0. The van der Waals surface area contributed by atoms with Gasteiger partial charge in [0, 0.05) is 11.5 Å². The van der Waals surface area contributed by atoms with E-state index in [-0.39, 0.29) is 11.5 Å². The second-order valence-electron chi connectivity index (χ2n) is 5.86. The fourth-order valence-electron chi connectivity index (χ4n) is 2.29. The first-order valence-corrected chi connectivity index (χ1v) is 6.97. The third-order valence-electron chi connectivity index (χ3n) is 3.64. The minimum atomic E-state index is -4.31. The van der Waals surface area contributed by atoms with Gasteiger partial charge in [-0.15, -0.1) is 0 Å². The third kappa shape index (κ3) is 3.89. The molecule has 0 spiro atoms. The van der Waals surface area contributed by atoms with Crippen LogP contribution in [0, 0.1) is 0 Å². The Hall–Kier alpha value is -1.72. The molecule has 2 rings (SSSR count). The number of nitrogens with one attached hydrogen (secondary N) is 1. The number of hydrogen-bond acceptors (Lipinski definition) is 1. The molecule has 116 valence electrons. The molecule has 0 atom stereocenters. The number of benzene rings is 1. The SMILES string of the molecule is CC(C)NC(N)=NCC1(c2cccc(C(F)(F)F)c2)CC1. The molecule has 0 aliphatic heterocycles. The smallest absolute Gasteiger partial charge is 0.370 e. The summed E-state index contributed by atoms with van der Waals surface area (Å²) in [5.41, 5.74) is 5.54. The van der Waals surface area contributed by atoms with Crippen LogP contribution in [0.3, 0.4) is 0 Å². The summed E-state index contributed by atoms with van der Waals surface area (Å²) in [6.07, 6.45) is -2.63. The molecule has 1 aliphatic carbocycles. The second kappa shape index (κ2) is 5.58. The van der Waals surface area contributed by atoms with Crippen LogP contribution in [-0.2, 0) is 11.6 Å². The zero-order chi connectivity index (χ0) is 15.7. The van der Waals surface area contributed by atoms with Gasteiger partial charge in [0.2, 0.25) is 0 Å². The maximum atomic E-state index is 12.8. The average molecular weight is 299 g/mol. The van der Waals surface area contributed by atoms with Gasteiger partial charge in [-0.2, -0.15) is 13.2 Å². The molecule has 1 aliphatic rings. The number of guanidine groups is 1. The van der Waals surface area contributed by atoms with E-state index in [1.165, 1.54) is 12.1 Å². The normalized spacial score (nSPS) is 17.9. The molecule has 3 nitrogen and oxygen atoms in total. The number of nitrogens with zero attached hydrogens (tertiary/aromatic N) is 1. The van der Waals surface area contributed by atoms with Gasteiger partial charge in [0.05, 0.1) is 12.1 Å². The molecule has 1 aromatic rings. The topological polar surface area (TPSA) is 50.4 Å². The minimum Gasteiger partial charge on any atom is -0.370 e. The minimum absolute atomic E-state index is 0.178. The lowest BCUT2D eigenvalue weighted by Gasteiger charge is -2.16. The maximum absolute atomic E-state index is 12.8. The van der Waals surface area contributed by atoms with E-state index in [9.17, 15) is 13.2 Å². The number of hydrogen-bond donors (Lipinski definition) is 2. The van der Waals surface area contributed by atoms with E-state index >= 15 is 0 Å². The van der Waals surface area contributed by atoms with Crippen LogP contribution in [0.5, 0.6) is 0 Å². The van der Waals surface area contributed by atoms with E-state index in [0.29, 0.717) is 18.1 Å². The van der Waals surface area contributed by atoms with E-state index in [1.54, 1.807) is 6.07 Å². The molecule has 0 saturated heterocycles. The first-order chi connectivity index (χ1) is 9.73. The van der Waals surface area contributed by atoms with Crippen LogP contribution >= 0.6 is 0 Å². The third-order valence-corrected chi connectivity index (χ3v) is 3.64. The summed E-state index contributed by atoms with van der Waals surface area (Å²) < 4.78 is 38.3. The van der Waals surface area contributed by atoms with Crippen molar-refractivity contribution in [1.82, 2.24) is 5.32 Å². The van der Waals surface area contributed by atoms with E-state index in [4.69, 9.17) is 5.73 Å². The Kier molecular flexibility index (Phi) is 4.16. The first-order valence-electron chi connectivity index (χ1n) is 6.97. The van der Waals surface area contributed by atoms with Crippen molar-refractivity contribution in [2.45, 2.75) is 44.3 Å². The molecule has 0 unspecified atom stereocenters. The van der Waals surface area contributed by atoms with Crippen molar-refractivity contribution in [1.29, 1.82) is 0 Å². The van der Waals surface area contributed by atoms with Gasteiger partial charge in [0.25, 0.3) is 0 Å². The van der Waals surface area contributed by atoms with Crippen LogP contribution in [0.2, 0.25) is 0 Å². The molecule has 0 aromatic heterocycles. The van der Waals surface area contributed by atoms with E-state index < -0.39 is 11.7 Å². The average Bonchev–Trinajstić information content (AvgIpc) is 3.16. The predicted octanol–water partition coefficient (Wildman–Crippen LogP) is 3.05. The quantitative estimate of drug-likeness (QED) is 0.663. The lowest BCUT2D eigenvalue weighted by molar-refractivity contribution is -0.137. The molecule has 0 radical (unpaired) electrons. The van der Waals surface area contributed by atoms with Gasteiger partial charge < -0.3 is 11.1 Å². The molecule has 1 saturated carbocycles. The Morgan fingerprint density at radius 2 is 2.05 bits per heavy atom. The molecule has 0 bridgehead atoms. The largest absolute Gasteiger partial charge is 0.416 e. The fourth-order valence-corrected chi connectivity index (χ4v) is 2.29. The summed E-state index contributed by atoms with van der Waals surface area (Å²) >= 11 is 0. The summed E-state index contributed by atoms with van der Waals surface area (Å²) in [4.78, 5) is 4.27. The zero-order valence-electron chi connectivity index (χ0n) is 12.2. The molecule has 3 N–H and O–H groups in total. The Morgan fingerprint density at radius 1 is 1.38 bits per heavy atom. The zero-order valence-corrected chi connectivity index (χ0v) is 12.2. The maximum Gasteiger partial charge on any atom is 0.416 e. The van der Waals surface area contributed by atoms with Gasteiger partial charge in [0.1, 0.15) is 0 Å². The number of alkyl halides is 3. The molecule has 6 heteroatoms. The number of halogens is 3. The van der Waals surface area contributed by atoms with Gasteiger partial charge >= 0.3 is 6.18 Å². The van der Waals surface area contributed by atoms with Crippen molar-refractivity contribution in [2.75, 3.05) is 6.54 Å². The van der Waals surface area contributed by atoms with Crippen molar-refractivity contribution in [3.8, 4) is 0 Å². The molecule has 1 aromatic carbocycles. The lowest BCUT2D eigenvalue weighted by Crippen LogP contribution is -2.37. The van der Waals surface area contributed by atoms with Gasteiger partial charge in [-0.3, -0.25) is 4.99 Å². The van der Waals surface area contributed by atoms with Crippen molar-refractivity contribution in [3.05, 3.63) is 35.4 Å². The van der Waals surface area contributed by atoms with Crippen molar-refractivity contribution in [2.24, 2.45) is 10.7 Å². The van der Waals surface area contributed by atoms with E-state index in [2.05, 4.69) is 10.3 Å². The molecule has 0 amide bonds. The van der Waals surface area contributed by atoms with Crippen LogP contribution in [0.4, 0.5) is 13.2 Å². The van der Waals surface area contributed by atoms with Crippen molar-refractivity contribution < 1.29 is 13.2 Å². The highest BCUT2D eigenvalue weighted by Crippen LogP contribution is 2.49. The highest BCUT2D eigenvalue weighted by Gasteiger charge is 2.45.